The van der Waals surface area contributed by atoms with Gasteiger partial charge in [0.25, 0.3) is 5.78 Å². The number of aldehydes is 1. The summed E-state index contributed by atoms with van der Waals surface area (Å²) < 4.78 is 0.553. The first-order valence-electron chi connectivity index (χ1n) is 7.56. The summed E-state index contributed by atoms with van der Waals surface area (Å²) in [6, 6.07) is -0.257. The summed E-state index contributed by atoms with van der Waals surface area (Å²) in [6.45, 7) is 5.35. The highest BCUT2D eigenvalue weighted by Gasteiger charge is 2.71. The molecule has 0 aromatic rings. The Morgan fingerprint density at radius 3 is 2.90 bits per heavy atom. The van der Waals surface area contributed by atoms with Crippen molar-refractivity contribution in [2.75, 3.05) is 13.1 Å². The maximum Gasteiger partial charge on any atom is 0.252 e. The van der Waals surface area contributed by atoms with E-state index in [2.05, 4.69) is 10.4 Å². The third kappa shape index (κ3) is 2.55. The SMILES string of the molecule is CC1(C)C(=O)[C@@H]2CCC[N+]21N[C@@H](C=O)CCCN=C(N)N. The first kappa shape index (κ1) is 15.9. The van der Waals surface area contributed by atoms with Gasteiger partial charge in [-0.1, -0.05) is 0 Å². The van der Waals surface area contributed by atoms with Crippen LogP contribution >= 0.6 is 0 Å². The normalized spacial score (nSPS) is 31.1. The molecule has 5 N–H and O–H groups in total. The summed E-state index contributed by atoms with van der Waals surface area (Å²) in [6.07, 6.45) is 4.25. The first-order valence-corrected chi connectivity index (χ1v) is 7.56. The van der Waals surface area contributed by atoms with Crippen LogP contribution in [-0.2, 0) is 9.59 Å². The Morgan fingerprint density at radius 2 is 2.29 bits per heavy atom. The Bertz CT molecular complexity index is 458. The number of carbonyl (C=O) groups excluding carboxylic acids is 2. The van der Waals surface area contributed by atoms with E-state index in [1.807, 2.05) is 13.8 Å². The van der Waals surface area contributed by atoms with E-state index in [1.54, 1.807) is 0 Å². The van der Waals surface area contributed by atoms with Crippen LogP contribution in [0.5, 0.6) is 0 Å². The number of Topliss-reactive ketones (excluding diaryl/α,β-unsaturated/α-hetero) is 1. The second kappa shape index (κ2) is 5.73. The molecule has 2 saturated heterocycles. The number of nitrogens with two attached hydrogens (primary N) is 2. The molecular formula is C14H26N5O2+. The predicted molar refractivity (Wildman–Crippen MR) is 80.1 cm³/mol. The zero-order valence-electron chi connectivity index (χ0n) is 12.8. The molecule has 0 amide bonds. The molecule has 0 aromatic heterocycles. The van der Waals surface area contributed by atoms with Crippen LogP contribution in [0.4, 0.5) is 0 Å². The van der Waals surface area contributed by atoms with Crippen LogP contribution in [-0.4, -0.2) is 53.3 Å². The van der Waals surface area contributed by atoms with Gasteiger partial charge in [0.15, 0.2) is 17.5 Å². The molecule has 2 heterocycles. The van der Waals surface area contributed by atoms with Gasteiger partial charge >= 0.3 is 0 Å². The maximum absolute atomic E-state index is 12.2. The van der Waals surface area contributed by atoms with E-state index in [0.717, 1.165) is 32.1 Å². The monoisotopic (exact) mass is 296 g/mol. The highest BCUT2D eigenvalue weighted by molar-refractivity contribution is 5.95. The molecule has 21 heavy (non-hydrogen) atoms. The van der Waals surface area contributed by atoms with Crippen molar-refractivity contribution in [1.29, 1.82) is 0 Å². The molecule has 3 atom stereocenters. The molecule has 7 heteroatoms. The van der Waals surface area contributed by atoms with Gasteiger partial charge in [-0.05, 0) is 26.7 Å². The van der Waals surface area contributed by atoms with Gasteiger partial charge in [0.05, 0.1) is 6.54 Å². The molecule has 0 bridgehead atoms. The summed E-state index contributed by atoms with van der Waals surface area (Å²) in [7, 11) is 0. The second-order valence-corrected chi connectivity index (χ2v) is 6.49. The lowest BCUT2D eigenvalue weighted by molar-refractivity contribution is -1.03. The molecule has 0 aromatic carbocycles. The number of carbonyl (C=O) groups is 2. The fourth-order valence-corrected chi connectivity index (χ4v) is 3.74. The van der Waals surface area contributed by atoms with E-state index in [1.165, 1.54) is 0 Å². The van der Waals surface area contributed by atoms with E-state index in [0.29, 0.717) is 23.3 Å². The molecule has 0 radical (unpaired) electrons. The van der Waals surface area contributed by atoms with Crippen molar-refractivity contribution in [2.24, 2.45) is 16.5 Å². The first-order chi connectivity index (χ1) is 9.85. The van der Waals surface area contributed by atoms with Crippen molar-refractivity contribution >= 4 is 18.0 Å². The zero-order valence-corrected chi connectivity index (χ0v) is 12.8. The van der Waals surface area contributed by atoms with Gasteiger partial charge in [-0.25, -0.2) is 4.59 Å². The topological polar surface area (TPSA) is 111 Å². The molecule has 118 valence electrons. The Morgan fingerprint density at radius 1 is 1.57 bits per heavy atom. The Kier molecular flexibility index (Phi) is 4.34. The standard InChI is InChI=1S/C14H26N5O2/c1-14(2)12(21)11-6-4-8-19(11,14)18-10(9-20)5-3-7-17-13(15)16/h9-11,18H,3-8H2,1-2H3,(H4,15,16,17)/q+1/t10-,11+,19?/m1/s1. The van der Waals surface area contributed by atoms with Crippen molar-refractivity contribution in [2.45, 2.75) is 57.2 Å². The van der Waals surface area contributed by atoms with E-state index in [4.69, 9.17) is 11.5 Å². The van der Waals surface area contributed by atoms with Crippen molar-refractivity contribution in [3.05, 3.63) is 0 Å². The van der Waals surface area contributed by atoms with Crippen LogP contribution in [0.2, 0.25) is 0 Å². The molecule has 2 aliphatic heterocycles. The summed E-state index contributed by atoms with van der Waals surface area (Å²) in [4.78, 5) is 27.4. The second-order valence-electron chi connectivity index (χ2n) is 6.49. The fraction of sp³-hybridized carbons (Fsp3) is 0.786. The van der Waals surface area contributed by atoms with E-state index < -0.39 is 5.54 Å². The van der Waals surface area contributed by atoms with Crippen LogP contribution < -0.4 is 16.9 Å². The van der Waals surface area contributed by atoms with Crippen LogP contribution in [0.3, 0.4) is 0 Å². The summed E-state index contributed by atoms with van der Waals surface area (Å²) >= 11 is 0. The quantitative estimate of drug-likeness (QED) is 0.192. The molecular weight excluding hydrogens is 270 g/mol. The number of hydrogen-bond donors (Lipinski definition) is 3. The highest BCUT2D eigenvalue weighted by Crippen LogP contribution is 2.46. The summed E-state index contributed by atoms with van der Waals surface area (Å²) in [5.41, 5.74) is 13.5. The van der Waals surface area contributed by atoms with Crippen molar-refractivity contribution in [3.63, 3.8) is 0 Å². The van der Waals surface area contributed by atoms with E-state index in [-0.39, 0.29) is 18.0 Å². The zero-order chi connectivity index (χ0) is 15.7. The van der Waals surface area contributed by atoms with Gasteiger partial charge in [0.1, 0.15) is 12.3 Å². The van der Waals surface area contributed by atoms with Crippen LogP contribution in [0.15, 0.2) is 4.99 Å². The largest absolute Gasteiger partial charge is 0.370 e. The number of hydrogen-bond acceptors (Lipinski definition) is 4. The molecule has 1 unspecified atom stereocenters. The third-order valence-corrected chi connectivity index (χ3v) is 4.95. The number of guanidine groups is 1. The van der Waals surface area contributed by atoms with Gasteiger partial charge in [-0.3, -0.25) is 9.79 Å². The lowest BCUT2D eigenvalue weighted by Crippen LogP contribution is -2.86. The smallest absolute Gasteiger partial charge is 0.252 e. The maximum atomic E-state index is 12.2. The number of nitrogens with one attached hydrogen (secondary N) is 1. The van der Waals surface area contributed by atoms with Gasteiger partial charge in [0.2, 0.25) is 0 Å². The molecule has 2 aliphatic rings. The minimum Gasteiger partial charge on any atom is -0.370 e. The number of rotatable bonds is 7. The van der Waals surface area contributed by atoms with Crippen LogP contribution in [0.25, 0.3) is 0 Å². The van der Waals surface area contributed by atoms with Gasteiger partial charge < -0.3 is 16.3 Å². The van der Waals surface area contributed by atoms with E-state index >= 15 is 0 Å². The number of aliphatic imine (C=N–C) groups is 1. The summed E-state index contributed by atoms with van der Waals surface area (Å²) in [5.74, 6) is 0.374. The van der Waals surface area contributed by atoms with Crippen LogP contribution in [0, 0.1) is 0 Å². The number of fused-ring (bicyclic) bond motifs is 1. The molecule has 0 saturated carbocycles. The average molecular weight is 296 g/mol. The van der Waals surface area contributed by atoms with Gasteiger partial charge in [-0.15, -0.1) is 0 Å². The molecule has 0 spiro atoms. The lowest BCUT2D eigenvalue weighted by atomic mass is 9.79. The minimum atomic E-state index is -0.442. The summed E-state index contributed by atoms with van der Waals surface area (Å²) in [5, 5.41) is 0. The highest BCUT2D eigenvalue weighted by atomic mass is 16.2. The van der Waals surface area contributed by atoms with Gasteiger partial charge in [0, 0.05) is 19.4 Å². The van der Waals surface area contributed by atoms with Crippen LogP contribution in [0.1, 0.15) is 39.5 Å². The Labute approximate surface area is 125 Å². The van der Waals surface area contributed by atoms with Gasteiger partial charge in [-0.2, -0.15) is 5.43 Å². The molecule has 0 aliphatic carbocycles. The number of nitrogens with zero attached hydrogens (tertiary/aromatic N) is 2. The minimum absolute atomic E-state index is 0.0140. The fourth-order valence-electron chi connectivity index (χ4n) is 3.74. The lowest BCUT2D eigenvalue weighted by Gasteiger charge is -2.58. The Balaban J connectivity index is 1.96. The van der Waals surface area contributed by atoms with E-state index in [9.17, 15) is 9.59 Å². The average Bonchev–Trinajstić information content (AvgIpc) is 2.83. The third-order valence-electron chi connectivity index (χ3n) is 4.95. The predicted octanol–water partition coefficient (Wildman–Crippen LogP) is -0.547. The number of ketones is 1. The van der Waals surface area contributed by atoms with Crippen molar-refractivity contribution < 1.29 is 14.2 Å². The molecule has 7 nitrogen and oxygen atoms in total. The molecule has 2 fully saturated rings. The Hall–Kier alpha value is -1.47. The number of quaternary nitrogens is 1. The van der Waals surface area contributed by atoms with Crippen molar-refractivity contribution in [1.82, 2.24) is 5.43 Å². The molecule has 2 rings (SSSR count). The van der Waals surface area contributed by atoms with Crippen molar-refractivity contribution in [3.8, 4) is 0 Å².